The van der Waals surface area contributed by atoms with Crippen molar-refractivity contribution in [3.05, 3.63) is 81.1 Å². The molecule has 27 heavy (non-hydrogen) atoms. The van der Waals surface area contributed by atoms with E-state index in [-0.39, 0.29) is 11.7 Å². The molecule has 0 saturated heterocycles. The van der Waals surface area contributed by atoms with Gasteiger partial charge in [-0.3, -0.25) is 9.59 Å². The predicted molar refractivity (Wildman–Crippen MR) is 104 cm³/mol. The first-order chi connectivity index (χ1) is 13.0. The van der Waals surface area contributed by atoms with Crippen molar-refractivity contribution in [1.29, 1.82) is 0 Å². The molecule has 1 amide bonds. The van der Waals surface area contributed by atoms with Crippen LogP contribution < -0.4 is 10.7 Å². The Bertz CT molecular complexity index is 996. The summed E-state index contributed by atoms with van der Waals surface area (Å²) in [5, 5.41) is 7.56. The van der Waals surface area contributed by atoms with E-state index in [9.17, 15) is 9.59 Å². The average molecular weight is 386 g/mol. The van der Waals surface area contributed by atoms with Crippen LogP contribution in [-0.2, 0) is 6.42 Å². The van der Waals surface area contributed by atoms with Crippen LogP contribution in [0.15, 0.2) is 57.9 Å². The maximum atomic E-state index is 12.6. The second kappa shape index (κ2) is 8.22. The fraction of sp³-hybridized carbons (Fsp3) is 0.250. The van der Waals surface area contributed by atoms with Gasteiger partial charge in [0.25, 0.3) is 5.91 Å². The van der Waals surface area contributed by atoms with Crippen molar-refractivity contribution < 1.29 is 9.21 Å². The summed E-state index contributed by atoms with van der Waals surface area (Å²) in [5.74, 6) is 0.346. The maximum Gasteiger partial charge on any atom is 0.276 e. The SMILES string of the molecule is Cc1cc(=O)c(C(=O)NC(C)CCc2ccco2)nn1-c1ccccc1Cl. The Labute approximate surface area is 161 Å². The lowest BCUT2D eigenvalue weighted by Gasteiger charge is -2.15. The van der Waals surface area contributed by atoms with Gasteiger partial charge in [0.05, 0.1) is 17.0 Å². The van der Waals surface area contributed by atoms with Gasteiger partial charge in [-0.05, 0) is 44.5 Å². The Kier molecular flexibility index (Phi) is 5.76. The van der Waals surface area contributed by atoms with Crippen LogP contribution in [0.25, 0.3) is 5.69 Å². The van der Waals surface area contributed by atoms with E-state index in [2.05, 4.69) is 10.4 Å². The van der Waals surface area contributed by atoms with Gasteiger partial charge in [0.1, 0.15) is 5.76 Å². The first kappa shape index (κ1) is 18.9. The summed E-state index contributed by atoms with van der Waals surface area (Å²) < 4.78 is 6.80. The molecule has 0 aliphatic rings. The molecule has 0 spiro atoms. The highest BCUT2D eigenvalue weighted by Crippen LogP contribution is 2.19. The second-order valence-corrected chi connectivity index (χ2v) is 6.76. The fourth-order valence-electron chi connectivity index (χ4n) is 2.75. The van der Waals surface area contributed by atoms with Crippen LogP contribution >= 0.6 is 11.6 Å². The minimum Gasteiger partial charge on any atom is -0.469 e. The van der Waals surface area contributed by atoms with Crippen LogP contribution in [0.3, 0.4) is 0 Å². The average Bonchev–Trinajstić information content (AvgIpc) is 3.14. The number of para-hydroxylation sites is 1. The number of carbonyl (C=O) groups excluding carboxylic acids is 1. The Hall–Kier alpha value is -2.86. The zero-order valence-corrected chi connectivity index (χ0v) is 15.9. The van der Waals surface area contributed by atoms with Gasteiger partial charge in [0, 0.05) is 24.2 Å². The number of carbonyl (C=O) groups is 1. The molecule has 2 heterocycles. The van der Waals surface area contributed by atoms with Crippen molar-refractivity contribution in [3.63, 3.8) is 0 Å². The summed E-state index contributed by atoms with van der Waals surface area (Å²) in [4.78, 5) is 24.9. The van der Waals surface area contributed by atoms with Crippen molar-refractivity contribution in [2.24, 2.45) is 0 Å². The highest BCUT2D eigenvalue weighted by atomic mass is 35.5. The van der Waals surface area contributed by atoms with E-state index in [0.717, 1.165) is 5.76 Å². The van der Waals surface area contributed by atoms with E-state index >= 15 is 0 Å². The number of rotatable bonds is 6. The molecular formula is C20H20ClN3O3. The van der Waals surface area contributed by atoms with Crippen LogP contribution in [0.5, 0.6) is 0 Å². The third kappa shape index (κ3) is 4.46. The van der Waals surface area contributed by atoms with Crippen molar-refractivity contribution in [2.45, 2.75) is 32.7 Å². The van der Waals surface area contributed by atoms with Gasteiger partial charge in [-0.1, -0.05) is 23.7 Å². The van der Waals surface area contributed by atoms with Crippen LogP contribution in [0.2, 0.25) is 5.02 Å². The van der Waals surface area contributed by atoms with Crippen molar-refractivity contribution in [2.75, 3.05) is 0 Å². The van der Waals surface area contributed by atoms with Crippen LogP contribution in [-0.4, -0.2) is 21.7 Å². The van der Waals surface area contributed by atoms with E-state index in [4.69, 9.17) is 16.0 Å². The number of aryl methyl sites for hydroxylation is 2. The largest absolute Gasteiger partial charge is 0.469 e. The summed E-state index contributed by atoms with van der Waals surface area (Å²) in [6.07, 6.45) is 3.00. The van der Waals surface area contributed by atoms with Gasteiger partial charge in [0.15, 0.2) is 5.69 Å². The first-order valence-corrected chi connectivity index (χ1v) is 9.02. The molecule has 6 nitrogen and oxygen atoms in total. The molecule has 0 saturated carbocycles. The van der Waals surface area contributed by atoms with Gasteiger partial charge in [0.2, 0.25) is 5.43 Å². The smallest absolute Gasteiger partial charge is 0.276 e. The van der Waals surface area contributed by atoms with E-state index < -0.39 is 11.3 Å². The van der Waals surface area contributed by atoms with Crippen LogP contribution in [0, 0.1) is 6.92 Å². The minimum atomic E-state index is -0.507. The van der Waals surface area contributed by atoms with E-state index in [1.807, 2.05) is 25.1 Å². The van der Waals surface area contributed by atoms with Crippen molar-refractivity contribution in [3.8, 4) is 5.69 Å². The Morgan fingerprint density at radius 1 is 1.30 bits per heavy atom. The molecule has 7 heteroatoms. The van der Waals surface area contributed by atoms with Gasteiger partial charge in [-0.2, -0.15) is 5.10 Å². The number of aromatic nitrogens is 2. The minimum absolute atomic E-state index is 0.140. The Morgan fingerprint density at radius 3 is 2.78 bits per heavy atom. The maximum absolute atomic E-state index is 12.6. The highest BCUT2D eigenvalue weighted by molar-refractivity contribution is 6.32. The number of amides is 1. The second-order valence-electron chi connectivity index (χ2n) is 6.35. The summed E-state index contributed by atoms with van der Waals surface area (Å²) in [6, 6.07) is 12.1. The molecule has 2 aromatic heterocycles. The van der Waals surface area contributed by atoms with Crippen LogP contribution in [0.1, 0.15) is 35.3 Å². The Morgan fingerprint density at radius 2 is 2.07 bits per heavy atom. The third-order valence-electron chi connectivity index (χ3n) is 4.18. The standard InChI is InChI=1S/C20H20ClN3O3/c1-13(9-10-15-6-5-11-27-15)22-20(26)19-18(25)12-14(2)24(23-19)17-8-4-3-7-16(17)21/h3-8,11-13H,9-10H2,1-2H3,(H,22,26). The monoisotopic (exact) mass is 385 g/mol. The summed E-state index contributed by atoms with van der Waals surface area (Å²) in [7, 11) is 0. The van der Waals surface area contributed by atoms with E-state index in [1.54, 1.807) is 31.4 Å². The lowest BCUT2D eigenvalue weighted by Crippen LogP contribution is -2.37. The molecule has 0 radical (unpaired) electrons. The lowest BCUT2D eigenvalue weighted by atomic mass is 10.1. The lowest BCUT2D eigenvalue weighted by molar-refractivity contribution is 0.0930. The molecule has 3 rings (SSSR count). The number of nitrogens with zero attached hydrogens (tertiary/aromatic N) is 2. The molecule has 1 unspecified atom stereocenters. The first-order valence-electron chi connectivity index (χ1n) is 8.65. The number of benzene rings is 1. The van der Waals surface area contributed by atoms with Crippen LogP contribution in [0.4, 0.5) is 0 Å². The van der Waals surface area contributed by atoms with Gasteiger partial charge < -0.3 is 9.73 Å². The Balaban J connectivity index is 1.79. The molecule has 0 aliphatic heterocycles. The number of hydrogen-bond acceptors (Lipinski definition) is 4. The number of halogens is 1. The third-order valence-corrected chi connectivity index (χ3v) is 4.50. The molecule has 0 fully saturated rings. The van der Waals surface area contributed by atoms with E-state index in [1.165, 1.54) is 10.7 Å². The molecular weight excluding hydrogens is 366 g/mol. The quantitative estimate of drug-likeness (QED) is 0.704. The summed E-state index contributed by atoms with van der Waals surface area (Å²) in [6.45, 7) is 3.62. The fourth-order valence-corrected chi connectivity index (χ4v) is 2.97. The topological polar surface area (TPSA) is 77.1 Å². The number of nitrogens with one attached hydrogen (secondary N) is 1. The molecule has 0 bridgehead atoms. The summed E-state index contributed by atoms with van der Waals surface area (Å²) in [5.41, 5.74) is 0.615. The van der Waals surface area contributed by atoms with Gasteiger partial charge >= 0.3 is 0 Å². The van der Waals surface area contributed by atoms with Crippen molar-refractivity contribution in [1.82, 2.24) is 15.1 Å². The summed E-state index contributed by atoms with van der Waals surface area (Å²) >= 11 is 6.23. The van der Waals surface area contributed by atoms with Gasteiger partial charge in [-0.15, -0.1) is 0 Å². The normalized spacial score (nSPS) is 12.0. The molecule has 1 aromatic carbocycles. The van der Waals surface area contributed by atoms with E-state index in [0.29, 0.717) is 29.2 Å². The highest BCUT2D eigenvalue weighted by Gasteiger charge is 2.18. The number of hydrogen-bond donors (Lipinski definition) is 1. The predicted octanol–water partition coefficient (Wildman–Crippen LogP) is 3.54. The molecule has 1 N–H and O–H groups in total. The van der Waals surface area contributed by atoms with Gasteiger partial charge in [-0.25, -0.2) is 4.68 Å². The number of furan rings is 1. The molecule has 0 aliphatic carbocycles. The zero-order chi connectivity index (χ0) is 19.4. The van der Waals surface area contributed by atoms with Crippen molar-refractivity contribution >= 4 is 17.5 Å². The zero-order valence-electron chi connectivity index (χ0n) is 15.1. The molecule has 1 atom stereocenters. The molecule has 3 aromatic rings. The molecule has 140 valence electrons.